The highest BCUT2D eigenvalue weighted by atomic mass is 79.9. The Balaban J connectivity index is 3.08. The Kier molecular flexibility index (Phi) is 6.61. The fourth-order valence-electron chi connectivity index (χ4n) is 1.57. The lowest BCUT2D eigenvalue weighted by Crippen LogP contribution is -2.36. The Morgan fingerprint density at radius 2 is 2.14 bits per heavy atom. The van der Waals surface area contributed by atoms with E-state index in [1.54, 1.807) is 6.92 Å². The third kappa shape index (κ3) is 5.23. The predicted octanol–water partition coefficient (Wildman–Crippen LogP) is 1.90. The molecule has 9 heteroatoms. The summed E-state index contributed by atoms with van der Waals surface area (Å²) < 4.78 is 28.5. The molecule has 0 aromatic heterocycles. The molecule has 0 saturated carbocycles. The number of carbonyl (C=O) groups is 1. The summed E-state index contributed by atoms with van der Waals surface area (Å²) in [5, 5.41) is 7.54. The molecule has 21 heavy (non-hydrogen) atoms. The smallest absolute Gasteiger partial charge is 0.253 e. The van der Waals surface area contributed by atoms with E-state index in [1.807, 2.05) is 6.92 Å². The van der Waals surface area contributed by atoms with Gasteiger partial charge in [-0.05, 0) is 26.0 Å². The van der Waals surface area contributed by atoms with E-state index in [0.717, 1.165) is 0 Å². The van der Waals surface area contributed by atoms with E-state index in [4.69, 9.17) is 21.5 Å². The zero-order valence-corrected chi connectivity index (χ0v) is 14.7. The summed E-state index contributed by atoms with van der Waals surface area (Å²) in [5.74, 6) is -0.501. The van der Waals surface area contributed by atoms with Gasteiger partial charge in [-0.1, -0.05) is 27.5 Å². The number of primary sulfonamides is 1. The molecule has 0 heterocycles. The molecule has 1 aromatic carbocycles. The second-order valence-electron chi connectivity index (χ2n) is 4.34. The fourth-order valence-corrected chi connectivity index (χ4v) is 3.35. The lowest BCUT2D eigenvalue weighted by Gasteiger charge is -2.15. The van der Waals surface area contributed by atoms with E-state index in [0.29, 0.717) is 17.7 Å². The Bertz CT molecular complexity index is 636. The summed E-state index contributed by atoms with van der Waals surface area (Å²) in [6.07, 6.45) is 0. The van der Waals surface area contributed by atoms with Crippen LogP contribution in [0, 0.1) is 0 Å². The molecule has 118 valence electrons. The van der Waals surface area contributed by atoms with Gasteiger partial charge in [0.15, 0.2) is 0 Å². The summed E-state index contributed by atoms with van der Waals surface area (Å²) in [5.41, 5.74) is 0.0263. The second kappa shape index (κ2) is 7.55. The highest BCUT2D eigenvalue weighted by molar-refractivity contribution is 9.10. The zero-order chi connectivity index (χ0) is 16.2. The van der Waals surface area contributed by atoms with Crippen molar-refractivity contribution in [2.45, 2.75) is 24.8 Å². The van der Waals surface area contributed by atoms with Gasteiger partial charge in [-0.25, -0.2) is 13.6 Å². The van der Waals surface area contributed by atoms with E-state index in [2.05, 4.69) is 21.2 Å². The van der Waals surface area contributed by atoms with Crippen molar-refractivity contribution in [1.82, 2.24) is 5.32 Å². The average Bonchev–Trinajstić information content (AvgIpc) is 2.37. The van der Waals surface area contributed by atoms with Crippen molar-refractivity contribution in [3.05, 3.63) is 27.2 Å². The Hall–Kier alpha value is -0.670. The molecule has 1 aromatic rings. The van der Waals surface area contributed by atoms with Crippen molar-refractivity contribution < 1.29 is 17.9 Å². The molecular weight excluding hydrogens is 384 g/mol. The number of rotatable bonds is 6. The highest BCUT2D eigenvalue weighted by Gasteiger charge is 2.21. The zero-order valence-electron chi connectivity index (χ0n) is 11.5. The quantitative estimate of drug-likeness (QED) is 0.763. The van der Waals surface area contributed by atoms with E-state index < -0.39 is 15.9 Å². The molecule has 0 fully saturated rings. The van der Waals surface area contributed by atoms with Crippen molar-refractivity contribution >= 4 is 43.5 Å². The molecule has 1 rings (SSSR count). The highest BCUT2D eigenvalue weighted by Crippen LogP contribution is 2.29. The summed E-state index contributed by atoms with van der Waals surface area (Å²) in [4.78, 5) is 11.9. The minimum Gasteiger partial charge on any atom is -0.380 e. The number of nitrogens with one attached hydrogen (secondary N) is 1. The molecule has 1 atom stereocenters. The molecule has 0 aliphatic rings. The first-order chi connectivity index (χ1) is 9.66. The number of benzene rings is 1. The Morgan fingerprint density at radius 1 is 1.52 bits per heavy atom. The number of hydrogen-bond acceptors (Lipinski definition) is 4. The third-order valence-electron chi connectivity index (χ3n) is 2.50. The van der Waals surface area contributed by atoms with Crippen LogP contribution < -0.4 is 10.5 Å². The number of sulfonamides is 1. The first-order valence-electron chi connectivity index (χ1n) is 6.07. The largest absolute Gasteiger partial charge is 0.380 e. The molecule has 0 aliphatic heterocycles. The fraction of sp³-hybridized carbons (Fsp3) is 0.417. The van der Waals surface area contributed by atoms with Crippen LogP contribution in [-0.2, 0) is 14.8 Å². The SMILES string of the molecule is CCOCC(C)NC(=O)c1cc(Br)cc(S(N)(=O)=O)c1Cl. The van der Waals surface area contributed by atoms with Crippen molar-refractivity contribution in [1.29, 1.82) is 0 Å². The first kappa shape index (κ1) is 18.4. The summed E-state index contributed by atoms with van der Waals surface area (Å²) in [6.45, 7) is 4.49. The summed E-state index contributed by atoms with van der Waals surface area (Å²) in [7, 11) is -4.02. The maximum atomic E-state index is 12.2. The predicted molar refractivity (Wildman–Crippen MR) is 83.9 cm³/mol. The van der Waals surface area contributed by atoms with Crippen LogP contribution in [0.15, 0.2) is 21.5 Å². The van der Waals surface area contributed by atoms with Gasteiger partial charge in [-0.3, -0.25) is 4.79 Å². The van der Waals surface area contributed by atoms with Gasteiger partial charge in [-0.2, -0.15) is 0 Å². The van der Waals surface area contributed by atoms with Gasteiger partial charge in [0.2, 0.25) is 10.0 Å². The normalized spacial score (nSPS) is 13.0. The Labute approximate surface area is 137 Å². The number of hydrogen-bond donors (Lipinski definition) is 2. The molecule has 1 unspecified atom stereocenters. The summed E-state index contributed by atoms with van der Waals surface area (Å²) in [6, 6.07) is 2.43. The van der Waals surface area contributed by atoms with E-state index in [-0.39, 0.29) is 21.5 Å². The molecule has 0 aliphatic carbocycles. The topological polar surface area (TPSA) is 98.5 Å². The van der Waals surface area contributed by atoms with Gasteiger partial charge >= 0.3 is 0 Å². The third-order valence-corrected chi connectivity index (χ3v) is 4.42. The van der Waals surface area contributed by atoms with Crippen molar-refractivity contribution in [2.75, 3.05) is 13.2 Å². The molecule has 6 nitrogen and oxygen atoms in total. The molecular formula is C12H16BrClN2O4S. The number of nitrogens with two attached hydrogens (primary N) is 1. The monoisotopic (exact) mass is 398 g/mol. The van der Waals surface area contributed by atoms with Crippen molar-refractivity contribution in [2.24, 2.45) is 5.14 Å². The van der Waals surface area contributed by atoms with Crippen molar-refractivity contribution in [3.8, 4) is 0 Å². The van der Waals surface area contributed by atoms with Crippen LogP contribution in [-0.4, -0.2) is 33.6 Å². The molecule has 0 radical (unpaired) electrons. The van der Waals surface area contributed by atoms with Crippen LogP contribution in [0.25, 0.3) is 0 Å². The number of amides is 1. The van der Waals surface area contributed by atoms with Crippen LogP contribution in [0.1, 0.15) is 24.2 Å². The van der Waals surface area contributed by atoms with Gasteiger partial charge in [0.1, 0.15) is 4.90 Å². The molecule has 0 bridgehead atoms. The Morgan fingerprint density at radius 3 is 2.67 bits per heavy atom. The molecule has 0 saturated heterocycles. The van der Waals surface area contributed by atoms with Crippen LogP contribution in [0.3, 0.4) is 0 Å². The molecule has 1 amide bonds. The van der Waals surface area contributed by atoms with Crippen LogP contribution in [0.4, 0.5) is 0 Å². The number of halogens is 2. The lowest BCUT2D eigenvalue weighted by atomic mass is 10.2. The van der Waals surface area contributed by atoms with E-state index in [9.17, 15) is 13.2 Å². The van der Waals surface area contributed by atoms with Gasteiger partial charge in [0.05, 0.1) is 17.2 Å². The minimum atomic E-state index is -4.02. The molecule has 3 N–H and O–H groups in total. The first-order valence-corrected chi connectivity index (χ1v) is 8.79. The lowest BCUT2D eigenvalue weighted by molar-refractivity contribution is 0.0872. The maximum absolute atomic E-state index is 12.2. The van der Waals surface area contributed by atoms with Crippen LogP contribution in [0.5, 0.6) is 0 Å². The van der Waals surface area contributed by atoms with Gasteiger partial charge < -0.3 is 10.1 Å². The van der Waals surface area contributed by atoms with Gasteiger partial charge in [-0.15, -0.1) is 0 Å². The maximum Gasteiger partial charge on any atom is 0.253 e. The second-order valence-corrected chi connectivity index (χ2v) is 7.17. The van der Waals surface area contributed by atoms with Crippen LogP contribution in [0.2, 0.25) is 5.02 Å². The van der Waals surface area contributed by atoms with E-state index >= 15 is 0 Å². The minimum absolute atomic E-state index is 0.0263. The van der Waals surface area contributed by atoms with Gasteiger partial charge in [0, 0.05) is 17.1 Å². The van der Waals surface area contributed by atoms with Gasteiger partial charge in [0.25, 0.3) is 5.91 Å². The molecule has 0 spiro atoms. The average molecular weight is 400 g/mol. The van der Waals surface area contributed by atoms with Crippen molar-refractivity contribution in [3.63, 3.8) is 0 Å². The summed E-state index contributed by atoms with van der Waals surface area (Å²) >= 11 is 9.11. The number of ether oxygens (including phenoxy) is 1. The van der Waals surface area contributed by atoms with Crippen LogP contribution >= 0.6 is 27.5 Å². The number of carbonyl (C=O) groups excluding carboxylic acids is 1. The standard InChI is InChI=1S/C12H16BrClN2O4S/c1-3-20-6-7(2)16-12(17)9-4-8(13)5-10(11(9)14)21(15,18)19/h4-5,7H,3,6H2,1-2H3,(H,16,17)(H2,15,18,19). The van der Waals surface area contributed by atoms with E-state index in [1.165, 1.54) is 12.1 Å².